The first-order valence-electron chi connectivity index (χ1n) is 7.13. The molecule has 0 spiro atoms. The van der Waals surface area contributed by atoms with Crippen molar-refractivity contribution in [1.29, 1.82) is 0 Å². The molecule has 1 saturated heterocycles. The van der Waals surface area contributed by atoms with Crippen molar-refractivity contribution in [3.8, 4) is 0 Å². The number of alkyl halides is 3. The number of piperidine rings is 1. The number of carbonyl (C=O) groups excluding carboxylic acids is 1. The van der Waals surface area contributed by atoms with Crippen LogP contribution in [-0.4, -0.2) is 23.4 Å². The third-order valence-electron chi connectivity index (χ3n) is 4.00. The maximum Gasteiger partial charge on any atom is 0.418 e. The number of amides is 1. The van der Waals surface area contributed by atoms with Crippen molar-refractivity contribution in [2.24, 2.45) is 0 Å². The van der Waals surface area contributed by atoms with Crippen LogP contribution in [0.3, 0.4) is 0 Å². The number of hydrogen-bond donors (Lipinski definition) is 1. The molecule has 0 aliphatic carbocycles. The number of nitrogens with zero attached hydrogens (tertiary/aromatic N) is 1. The maximum atomic E-state index is 12.9. The molecule has 1 unspecified atom stereocenters. The predicted molar refractivity (Wildman–Crippen MR) is 74.8 cm³/mol. The second-order valence-electron chi connectivity index (χ2n) is 5.32. The summed E-state index contributed by atoms with van der Waals surface area (Å²) in [6.45, 7) is 2.55. The number of nitrogens with two attached hydrogens (primary N) is 1. The largest absolute Gasteiger partial charge is 0.418 e. The molecule has 2 N–H and O–H groups in total. The number of hydrogen-bond acceptors (Lipinski definition) is 2. The van der Waals surface area contributed by atoms with Gasteiger partial charge in [-0.25, -0.2) is 0 Å². The summed E-state index contributed by atoms with van der Waals surface area (Å²) in [5.41, 5.74) is 4.12. The van der Waals surface area contributed by atoms with Gasteiger partial charge in [0.15, 0.2) is 0 Å². The first-order chi connectivity index (χ1) is 9.86. The number of rotatable bonds is 2. The fraction of sp³-hybridized carbons (Fsp3) is 0.533. The Labute approximate surface area is 121 Å². The van der Waals surface area contributed by atoms with E-state index in [0.29, 0.717) is 6.54 Å². The average Bonchev–Trinajstić information content (AvgIpc) is 2.45. The third kappa shape index (κ3) is 3.14. The van der Waals surface area contributed by atoms with E-state index in [4.69, 9.17) is 5.73 Å². The van der Waals surface area contributed by atoms with Crippen molar-refractivity contribution in [3.05, 3.63) is 29.3 Å². The molecular formula is C15H19F3N2O. The summed E-state index contributed by atoms with van der Waals surface area (Å²) in [6, 6.07) is 3.59. The zero-order valence-electron chi connectivity index (χ0n) is 11.9. The fourth-order valence-electron chi connectivity index (χ4n) is 2.85. The van der Waals surface area contributed by atoms with Crippen LogP contribution >= 0.6 is 0 Å². The first kappa shape index (κ1) is 15.7. The summed E-state index contributed by atoms with van der Waals surface area (Å²) in [5, 5.41) is 0. The molecule has 1 aromatic carbocycles. The molecule has 0 radical (unpaired) electrons. The summed E-state index contributed by atoms with van der Waals surface area (Å²) in [7, 11) is 0. The molecule has 21 heavy (non-hydrogen) atoms. The molecule has 1 amide bonds. The van der Waals surface area contributed by atoms with Crippen LogP contribution in [0, 0.1) is 0 Å². The number of para-hydroxylation sites is 1. The monoisotopic (exact) mass is 300 g/mol. The second-order valence-corrected chi connectivity index (χ2v) is 5.32. The first-order valence-corrected chi connectivity index (χ1v) is 7.13. The van der Waals surface area contributed by atoms with E-state index in [1.807, 2.05) is 6.92 Å². The van der Waals surface area contributed by atoms with E-state index in [1.54, 1.807) is 4.90 Å². The quantitative estimate of drug-likeness (QED) is 0.847. The minimum absolute atomic E-state index is 0.0508. The Kier molecular flexibility index (Phi) is 4.44. The highest BCUT2D eigenvalue weighted by Gasteiger charge is 2.35. The Morgan fingerprint density at radius 1 is 1.38 bits per heavy atom. The van der Waals surface area contributed by atoms with Gasteiger partial charge in [-0.05, 0) is 37.8 Å². The van der Waals surface area contributed by atoms with Gasteiger partial charge in [-0.3, -0.25) is 4.79 Å². The smallest absolute Gasteiger partial charge is 0.398 e. The van der Waals surface area contributed by atoms with Crippen molar-refractivity contribution < 1.29 is 18.0 Å². The summed E-state index contributed by atoms with van der Waals surface area (Å²) in [5.74, 6) is -0.398. The van der Waals surface area contributed by atoms with E-state index in [-0.39, 0.29) is 11.6 Å². The molecule has 1 aliphatic rings. The van der Waals surface area contributed by atoms with Crippen molar-refractivity contribution in [3.63, 3.8) is 0 Å². The molecule has 3 nitrogen and oxygen atoms in total. The molecule has 1 aromatic rings. The molecule has 0 saturated carbocycles. The van der Waals surface area contributed by atoms with Crippen molar-refractivity contribution in [2.75, 3.05) is 12.3 Å². The summed E-state index contributed by atoms with van der Waals surface area (Å²) in [4.78, 5) is 14.2. The van der Waals surface area contributed by atoms with Crippen LogP contribution in [0.1, 0.15) is 48.5 Å². The number of likely N-dealkylation sites (tertiary alicyclic amines) is 1. The van der Waals surface area contributed by atoms with E-state index in [9.17, 15) is 18.0 Å². The van der Waals surface area contributed by atoms with Gasteiger partial charge in [-0.1, -0.05) is 13.0 Å². The van der Waals surface area contributed by atoms with Gasteiger partial charge < -0.3 is 10.6 Å². The fourth-order valence-corrected chi connectivity index (χ4v) is 2.85. The minimum atomic E-state index is -4.55. The molecule has 0 aromatic heterocycles. The highest BCUT2D eigenvalue weighted by Crippen LogP contribution is 2.35. The Morgan fingerprint density at radius 2 is 2.10 bits per heavy atom. The Morgan fingerprint density at radius 3 is 2.71 bits per heavy atom. The van der Waals surface area contributed by atoms with Crippen LogP contribution in [0.4, 0.5) is 18.9 Å². The van der Waals surface area contributed by atoms with Gasteiger partial charge in [0.2, 0.25) is 0 Å². The molecule has 1 fully saturated rings. The molecule has 1 aliphatic heterocycles. The van der Waals surface area contributed by atoms with Gasteiger partial charge >= 0.3 is 6.18 Å². The van der Waals surface area contributed by atoms with Gasteiger partial charge in [-0.2, -0.15) is 13.2 Å². The van der Waals surface area contributed by atoms with Crippen LogP contribution in [0.25, 0.3) is 0 Å². The molecule has 1 heterocycles. The highest BCUT2D eigenvalue weighted by molar-refractivity contribution is 6.00. The SMILES string of the molecule is CCC1CCCCN1C(=O)c1cccc(C(F)(F)F)c1N. The van der Waals surface area contributed by atoms with Crippen molar-refractivity contribution >= 4 is 11.6 Å². The normalized spacial score (nSPS) is 19.6. The Bertz CT molecular complexity index is 528. The van der Waals surface area contributed by atoms with Crippen LogP contribution in [0.5, 0.6) is 0 Å². The predicted octanol–water partition coefficient (Wildman–Crippen LogP) is 3.69. The molecule has 2 rings (SSSR count). The average molecular weight is 300 g/mol. The van der Waals surface area contributed by atoms with Crippen LogP contribution in [0.2, 0.25) is 0 Å². The number of carbonyl (C=O) groups is 1. The van der Waals surface area contributed by atoms with Gasteiger partial charge in [0.25, 0.3) is 5.91 Å². The number of benzene rings is 1. The molecular weight excluding hydrogens is 281 g/mol. The Hall–Kier alpha value is -1.72. The molecule has 1 atom stereocenters. The second kappa shape index (κ2) is 5.95. The van der Waals surface area contributed by atoms with Crippen LogP contribution < -0.4 is 5.73 Å². The number of nitrogen functional groups attached to an aromatic ring is 1. The van der Waals surface area contributed by atoms with Gasteiger partial charge in [0.05, 0.1) is 16.8 Å². The number of anilines is 1. The van der Waals surface area contributed by atoms with E-state index < -0.39 is 23.3 Å². The number of halogens is 3. The summed E-state index contributed by atoms with van der Waals surface area (Å²) in [6.07, 6.45) is -0.945. The van der Waals surface area contributed by atoms with Gasteiger partial charge in [0.1, 0.15) is 0 Å². The maximum absolute atomic E-state index is 12.9. The Balaban J connectivity index is 2.35. The van der Waals surface area contributed by atoms with E-state index in [1.165, 1.54) is 12.1 Å². The third-order valence-corrected chi connectivity index (χ3v) is 4.00. The lowest BCUT2D eigenvalue weighted by Crippen LogP contribution is -2.43. The summed E-state index contributed by atoms with van der Waals surface area (Å²) >= 11 is 0. The van der Waals surface area contributed by atoms with E-state index in [0.717, 1.165) is 31.7 Å². The minimum Gasteiger partial charge on any atom is -0.398 e. The highest BCUT2D eigenvalue weighted by atomic mass is 19.4. The lowest BCUT2D eigenvalue weighted by molar-refractivity contribution is -0.136. The molecule has 6 heteroatoms. The standard InChI is InChI=1S/C15H19F3N2O/c1-2-10-6-3-4-9-20(10)14(21)11-7-5-8-12(13(11)19)15(16,17)18/h5,7-8,10H,2-4,6,9,19H2,1H3. The zero-order valence-corrected chi connectivity index (χ0v) is 11.9. The lowest BCUT2D eigenvalue weighted by Gasteiger charge is -2.35. The molecule has 0 bridgehead atoms. The van der Waals surface area contributed by atoms with Crippen molar-refractivity contribution in [2.45, 2.75) is 44.8 Å². The lowest BCUT2D eigenvalue weighted by atomic mass is 9.97. The van der Waals surface area contributed by atoms with E-state index >= 15 is 0 Å². The summed E-state index contributed by atoms with van der Waals surface area (Å²) < 4.78 is 38.6. The van der Waals surface area contributed by atoms with E-state index in [2.05, 4.69) is 0 Å². The van der Waals surface area contributed by atoms with Crippen LogP contribution in [-0.2, 0) is 6.18 Å². The zero-order chi connectivity index (χ0) is 15.6. The topological polar surface area (TPSA) is 46.3 Å². The van der Waals surface area contributed by atoms with Crippen molar-refractivity contribution in [1.82, 2.24) is 4.90 Å². The molecule has 116 valence electrons. The van der Waals surface area contributed by atoms with Gasteiger partial charge in [0, 0.05) is 12.6 Å². The van der Waals surface area contributed by atoms with Crippen LogP contribution in [0.15, 0.2) is 18.2 Å². The van der Waals surface area contributed by atoms with Gasteiger partial charge in [-0.15, -0.1) is 0 Å².